The molecule has 9 atom stereocenters. The second-order valence-corrected chi connectivity index (χ2v) is 17.3. The van der Waals surface area contributed by atoms with E-state index in [1.807, 2.05) is 13.0 Å². The van der Waals surface area contributed by atoms with Crippen LogP contribution in [0.2, 0.25) is 0 Å². The first-order valence-corrected chi connectivity index (χ1v) is 17.0. The van der Waals surface area contributed by atoms with Crippen LogP contribution in [0.1, 0.15) is 127 Å². The average molecular weight is 637 g/mol. The topological polar surface area (TPSA) is 118 Å². The zero-order valence-electron chi connectivity index (χ0n) is 28.3. The number of carboxylic acid groups (broad SMARTS) is 2. The number of halogens is 1. The van der Waals surface area contributed by atoms with Crippen LogP contribution in [-0.2, 0) is 14.3 Å². The van der Waals surface area contributed by atoms with Crippen molar-refractivity contribution >= 4 is 23.7 Å². The van der Waals surface area contributed by atoms with Crippen molar-refractivity contribution in [2.75, 3.05) is 0 Å². The maximum absolute atomic E-state index is 14.6. The third-order valence-corrected chi connectivity index (χ3v) is 14.7. The van der Waals surface area contributed by atoms with Gasteiger partial charge in [-0.2, -0.15) is 0 Å². The van der Waals surface area contributed by atoms with Crippen molar-refractivity contribution in [2.24, 2.45) is 50.2 Å². The fourth-order valence-electron chi connectivity index (χ4n) is 11.6. The molecule has 1 aromatic carbocycles. The van der Waals surface area contributed by atoms with Crippen molar-refractivity contribution in [2.45, 2.75) is 112 Å². The number of carbonyl (C=O) groups is 4. The van der Waals surface area contributed by atoms with Crippen LogP contribution < -0.4 is 0 Å². The highest BCUT2D eigenvalue weighted by Gasteiger charge is 2.70. The Morgan fingerprint density at radius 2 is 1.54 bits per heavy atom. The van der Waals surface area contributed by atoms with Crippen molar-refractivity contribution < 1.29 is 38.5 Å². The molecule has 8 heteroatoms. The van der Waals surface area contributed by atoms with E-state index in [4.69, 9.17) is 4.74 Å². The van der Waals surface area contributed by atoms with E-state index in [2.05, 4.69) is 41.5 Å². The number of ketones is 1. The van der Waals surface area contributed by atoms with Crippen LogP contribution in [0.4, 0.5) is 4.39 Å². The van der Waals surface area contributed by atoms with Crippen LogP contribution >= 0.6 is 0 Å². The molecule has 0 radical (unpaired) electrons. The summed E-state index contributed by atoms with van der Waals surface area (Å²) in [4.78, 5) is 52.1. The van der Waals surface area contributed by atoms with E-state index < -0.39 is 46.2 Å². The Hall–Kier alpha value is -3.03. The van der Waals surface area contributed by atoms with Gasteiger partial charge in [-0.3, -0.25) is 9.59 Å². The fraction of sp³-hybridized carbons (Fsp3) is 0.684. The number of allylic oxidation sites excluding steroid dienone is 2. The minimum Gasteiger partial charge on any atom is -0.481 e. The Kier molecular flexibility index (Phi) is 7.32. The second kappa shape index (κ2) is 10.2. The summed E-state index contributed by atoms with van der Waals surface area (Å²) in [5, 5.41) is 19.8. The number of aromatic carboxylic acids is 1. The lowest BCUT2D eigenvalue weighted by atomic mass is 9.33. The molecule has 3 unspecified atom stereocenters. The zero-order chi connectivity index (χ0) is 33.8. The molecule has 1 aromatic rings. The lowest BCUT2D eigenvalue weighted by Crippen LogP contribution is -2.66. The number of esters is 1. The SMILES string of the molecule is CC1(C)C2CC[C@]3(C)C(C(=O)C=C4[C@@H]5C[C@](C)(C(=O)O)CC[C@]5(C)CCC43C)[C@@]2(C)CC[C@@H]1OC(=O)c1ccc(F)cc1C(=O)O. The minimum atomic E-state index is -1.39. The maximum Gasteiger partial charge on any atom is 0.339 e. The Labute approximate surface area is 271 Å². The van der Waals surface area contributed by atoms with E-state index in [1.54, 1.807) is 0 Å². The molecule has 0 spiro atoms. The third-order valence-electron chi connectivity index (χ3n) is 14.7. The van der Waals surface area contributed by atoms with Crippen LogP contribution in [-0.4, -0.2) is 40.0 Å². The van der Waals surface area contributed by atoms with Gasteiger partial charge in [0.15, 0.2) is 5.78 Å². The summed E-state index contributed by atoms with van der Waals surface area (Å²) >= 11 is 0. The number of carboxylic acids is 2. The molecular formula is C38H49FO7. The van der Waals surface area contributed by atoms with E-state index in [9.17, 15) is 33.8 Å². The molecule has 0 aliphatic heterocycles. The van der Waals surface area contributed by atoms with Gasteiger partial charge >= 0.3 is 17.9 Å². The van der Waals surface area contributed by atoms with E-state index in [0.29, 0.717) is 25.7 Å². The molecular weight excluding hydrogens is 587 g/mol. The number of fused-ring (bicyclic) bond motifs is 7. The van der Waals surface area contributed by atoms with Gasteiger partial charge < -0.3 is 14.9 Å². The molecule has 6 rings (SSSR count). The number of carbonyl (C=O) groups excluding carboxylic acids is 2. The van der Waals surface area contributed by atoms with Gasteiger partial charge in [0, 0.05) is 11.3 Å². The first-order chi connectivity index (χ1) is 21.2. The summed E-state index contributed by atoms with van der Waals surface area (Å²) in [7, 11) is 0. The summed E-state index contributed by atoms with van der Waals surface area (Å²) in [6.45, 7) is 15.3. The predicted octanol–water partition coefficient (Wildman–Crippen LogP) is 8.11. The van der Waals surface area contributed by atoms with Crippen molar-refractivity contribution in [3.63, 3.8) is 0 Å². The Balaban J connectivity index is 1.33. The number of benzene rings is 1. The van der Waals surface area contributed by atoms with Gasteiger partial charge in [0.2, 0.25) is 0 Å². The lowest BCUT2D eigenvalue weighted by Gasteiger charge is -2.70. The van der Waals surface area contributed by atoms with Crippen LogP contribution in [0.25, 0.3) is 0 Å². The fourth-order valence-corrected chi connectivity index (χ4v) is 11.6. The van der Waals surface area contributed by atoms with Gasteiger partial charge in [-0.05, 0) is 122 Å². The summed E-state index contributed by atoms with van der Waals surface area (Å²) in [5.41, 5.74) is -1.63. The number of ether oxygens (including phenoxy) is 1. The van der Waals surface area contributed by atoms with Crippen LogP contribution in [0.5, 0.6) is 0 Å². The average Bonchev–Trinajstić information content (AvgIpc) is 2.96. The minimum absolute atomic E-state index is 0.0140. The first-order valence-electron chi connectivity index (χ1n) is 17.0. The highest BCUT2D eigenvalue weighted by Crippen LogP contribution is 2.75. The van der Waals surface area contributed by atoms with Gasteiger partial charge in [0.05, 0.1) is 16.5 Å². The van der Waals surface area contributed by atoms with Crippen molar-refractivity contribution in [1.82, 2.24) is 0 Å². The van der Waals surface area contributed by atoms with Crippen LogP contribution in [0, 0.1) is 56.1 Å². The standard InChI is InChI=1S/C38H49FO7/c1-33(2)27-10-13-38(7)29(36(27,5)12-11-28(33)46-31(43)22-9-8-21(39)18-23(22)30(41)42)26(40)19-24-25-20-35(4,32(44)45)15-14-34(25,3)16-17-37(24,38)6/h8-9,18-19,25,27-29H,10-17,20H2,1-7H3,(H,41,42)(H,44,45)/t25-,27?,28-,29?,34+,35+,36-,37?,38+/m0/s1. The van der Waals surface area contributed by atoms with E-state index in [-0.39, 0.29) is 50.8 Å². The van der Waals surface area contributed by atoms with E-state index in [1.165, 1.54) is 11.6 Å². The Morgan fingerprint density at radius 3 is 2.20 bits per heavy atom. The van der Waals surface area contributed by atoms with Crippen molar-refractivity contribution in [1.29, 1.82) is 0 Å². The van der Waals surface area contributed by atoms with Gasteiger partial charge in [0.1, 0.15) is 11.9 Å². The summed E-state index contributed by atoms with van der Waals surface area (Å²) in [6.07, 6.45) is 8.40. The Bertz CT molecular complexity index is 1560. The third kappa shape index (κ3) is 4.40. The zero-order valence-corrected chi connectivity index (χ0v) is 28.3. The highest BCUT2D eigenvalue weighted by atomic mass is 19.1. The van der Waals surface area contributed by atoms with Crippen LogP contribution in [0.3, 0.4) is 0 Å². The molecule has 46 heavy (non-hydrogen) atoms. The van der Waals surface area contributed by atoms with Crippen molar-refractivity contribution in [3.05, 3.63) is 46.8 Å². The maximum atomic E-state index is 14.6. The van der Waals surface area contributed by atoms with E-state index >= 15 is 0 Å². The molecule has 4 saturated carbocycles. The molecule has 5 aliphatic carbocycles. The molecule has 0 heterocycles. The number of hydrogen-bond donors (Lipinski definition) is 2. The molecule has 0 amide bonds. The van der Waals surface area contributed by atoms with Gasteiger partial charge in [-0.15, -0.1) is 0 Å². The molecule has 7 nitrogen and oxygen atoms in total. The van der Waals surface area contributed by atoms with E-state index in [0.717, 1.165) is 44.2 Å². The molecule has 0 saturated heterocycles. The largest absolute Gasteiger partial charge is 0.481 e. The molecule has 0 aromatic heterocycles. The normalized spacial score (nSPS) is 42.8. The Morgan fingerprint density at radius 1 is 0.870 bits per heavy atom. The monoisotopic (exact) mass is 636 g/mol. The highest BCUT2D eigenvalue weighted by molar-refractivity contribution is 6.02. The first kappa shape index (κ1) is 32.9. The lowest BCUT2D eigenvalue weighted by molar-refractivity contribution is -0.202. The summed E-state index contributed by atoms with van der Waals surface area (Å²) in [6, 6.07) is 3.07. The number of aliphatic carboxylic acids is 1. The molecule has 0 bridgehead atoms. The van der Waals surface area contributed by atoms with Gasteiger partial charge in [0.25, 0.3) is 0 Å². The summed E-state index contributed by atoms with van der Waals surface area (Å²) < 4.78 is 19.9. The molecule has 2 N–H and O–H groups in total. The smallest absolute Gasteiger partial charge is 0.339 e. The number of hydrogen-bond acceptors (Lipinski definition) is 5. The van der Waals surface area contributed by atoms with Crippen molar-refractivity contribution in [3.8, 4) is 0 Å². The molecule has 4 fully saturated rings. The van der Waals surface area contributed by atoms with Crippen LogP contribution in [0.15, 0.2) is 29.8 Å². The predicted molar refractivity (Wildman–Crippen MR) is 170 cm³/mol. The van der Waals surface area contributed by atoms with Gasteiger partial charge in [-0.1, -0.05) is 47.1 Å². The number of rotatable bonds is 4. The molecule has 250 valence electrons. The molecule has 5 aliphatic rings. The summed E-state index contributed by atoms with van der Waals surface area (Å²) in [5.74, 6) is -3.61. The van der Waals surface area contributed by atoms with Gasteiger partial charge in [-0.25, -0.2) is 14.0 Å². The second-order valence-electron chi connectivity index (χ2n) is 17.3. The quantitative estimate of drug-likeness (QED) is 0.321.